The molecule has 1 aromatic carbocycles. The molecule has 0 bridgehead atoms. The van der Waals surface area contributed by atoms with Gasteiger partial charge in [-0.3, -0.25) is 5.10 Å². The fraction of sp³-hybridized carbons (Fsp3) is 0.562. The number of aryl methyl sites for hydroxylation is 1. The summed E-state index contributed by atoms with van der Waals surface area (Å²) in [4.78, 5) is 2.61. The van der Waals surface area contributed by atoms with Crippen LogP contribution in [0.4, 0.5) is 0 Å². The summed E-state index contributed by atoms with van der Waals surface area (Å²) in [6, 6.07) is 8.40. The first-order valence-corrected chi connectivity index (χ1v) is 7.47. The van der Waals surface area contributed by atoms with Gasteiger partial charge in [0.25, 0.3) is 0 Å². The molecular weight excluding hydrogens is 234 g/mol. The molecule has 0 saturated carbocycles. The zero-order valence-electron chi connectivity index (χ0n) is 11.7. The molecular formula is C16H23N3. The third kappa shape index (κ3) is 2.98. The lowest BCUT2D eigenvalue weighted by Crippen LogP contribution is -2.33. The van der Waals surface area contributed by atoms with Gasteiger partial charge in [0.05, 0.1) is 11.2 Å². The maximum absolute atomic E-state index is 4.45. The predicted octanol–water partition coefficient (Wildman–Crippen LogP) is 3.23. The van der Waals surface area contributed by atoms with Crippen molar-refractivity contribution in [3.63, 3.8) is 0 Å². The van der Waals surface area contributed by atoms with Crippen LogP contribution in [0.3, 0.4) is 0 Å². The summed E-state index contributed by atoms with van der Waals surface area (Å²) in [6.07, 6.45) is 5.02. The Hall–Kier alpha value is -1.35. The summed E-state index contributed by atoms with van der Waals surface area (Å²) in [5.41, 5.74) is 2.38. The van der Waals surface area contributed by atoms with Gasteiger partial charge in [-0.15, -0.1) is 0 Å². The molecule has 3 nitrogen and oxygen atoms in total. The van der Waals surface area contributed by atoms with Crippen molar-refractivity contribution in [2.24, 2.45) is 5.92 Å². The number of fused-ring (bicyclic) bond motifs is 1. The molecule has 1 fully saturated rings. The molecule has 2 aromatic rings. The van der Waals surface area contributed by atoms with Crippen LogP contribution in [0.2, 0.25) is 0 Å². The van der Waals surface area contributed by atoms with Gasteiger partial charge < -0.3 is 4.90 Å². The number of nitrogens with zero attached hydrogens (tertiary/aromatic N) is 2. The molecule has 1 aliphatic heterocycles. The van der Waals surface area contributed by atoms with E-state index < -0.39 is 0 Å². The maximum Gasteiger partial charge on any atom is 0.0701 e. The van der Waals surface area contributed by atoms with E-state index in [0.717, 1.165) is 17.9 Å². The van der Waals surface area contributed by atoms with Crippen molar-refractivity contribution in [1.82, 2.24) is 15.1 Å². The molecule has 2 heterocycles. The lowest BCUT2D eigenvalue weighted by molar-refractivity contribution is 0.190. The second-order valence-electron chi connectivity index (χ2n) is 5.84. The number of rotatable bonds is 4. The molecule has 0 amide bonds. The van der Waals surface area contributed by atoms with Gasteiger partial charge in [-0.25, -0.2) is 0 Å². The Labute approximate surface area is 115 Å². The van der Waals surface area contributed by atoms with E-state index in [1.165, 1.54) is 50.0 Å². The molecule has 1 aliphatic rings. The Balaban J connectivity index is 1.52. The van der Waals surface area contributed by atoms with Gasteiger partial charge in [0.15, 0.2) is 0 Å². The first kappa shape index (κ1) is 12.7. The number of para-hydroxylation sites is 1. The highest BCUT2D eigenvalue weighted by Gasteiger charge is 2.15. The van der Waals surface area contributed by atoms with Crippen LogP contribution < -0.4 is 0 Å². The second-order valence-corrected chi connectivity index (χ2v) is 5.84. The average Bonchev–Trinajstić information content (AvgIpc) is 2.85. The Morgan fingerprint density at radius 2 is 2.05 bits per heavy atom. The van der Waals surface area contributed by atoms with E-state index in [4.69, 9.17) is 0 Å². The number of H-pyrrole nitrogens is 1. The van der Waals surface area contributed by atoms with Crippen LogP contribution in [-0.2, 0) is 6.42 Å². The molecule has 0 radical (unpaired) electrons. The Morgan fingerprint density at radius 1 is 1.26 bits per heavy atom. The van der Waals surface area contributed by atoms with Crippen molar-refractivity contribution in [2.45, 2.75) is 32.6 Å². The van der Waals surface area contributed by atoms with Gasteiger partial charge in [-0.2, -0.15) is 5.10 Å². The van der Waals surface area contributed by atoms with E-state index >= 15 is 0 Å². The van der Waals surface area contributed by atoms with Crippen molar-refractivity contribution in [2.75, 3.05) is 19.6 Å². The van der Waals surface area contributed by atoms with Gasteiger partial charge in [-0.1, -0.05) is 25.1 Å². The van der Waals surface area contributed by atoms with E-state index in [2.05, 4.69) is 46.3 Å². The monoisotopic (exact) mass is 257 g/mol. The van der Waals surface area contributed by atoms with Crippen LogP contribution in [0, 0.1) is 5.92 Å². The predicted molar refractivity (Wildman–Crippen MR) is 79.3 cm³/mol. The number of hydrogen-bond acceptors (Lipinski definition) is 2. The number of piperidine rings is 1. The van der Waals surface area contributed by atoms with Crippen LogP contribution >= 0.6 is 0 Å². The van der Waals surface area contributed by atoms with Crippen LogP contribution in [-0.4, -0.2) is 34.7 Å². The SMILES string of the molecule is CC1CCN(CCCc2n[nH]c3ccccc23)CC1. The third-order valence-corrected chi connectivity index (χ3v) is 4.31. The quantitative estimate of drug-likeness (QED) is 0.912. The minimum absolute atomic E-state index is 0.923. The minimum atomic E-state index is 0.923. The Kier molecular flexibility index (Phi) is 3.83. The van der Waals surface area contributed by atoms with E-state index in [1.54, 1.807) is 0 Å². The summed E-state index contributed by atoms with van der Waals surface area (Å²) in [7, 11) is 0. The van der Waals surface area contributed by atoms with Crippen LogP contribution in [0.1, 0.15) is 31.9 Å². The fourth-order valence-electron chi connectivity index (χ4n) is 2.97. The van der Waals surface area contributed by atoms with E-state index in [1.807, 2.05) is 0 Å². The molecule has 0 unspecified atom stereocenters. The summed E-state index contributed by atoms with van der Waals surface area (Å²) in [5, 5.41) is 8.85. The molecule has 1 saturated heterocycles. The Morgan fingerprint density at radius 3 is 2.89 bits per heavy atom. The molecule has 1 N–H and O–H groups in total. The summed E-state index contributed by atoms with van der Waals surface area (Å²) < 4.78 is 0. The number of aromatic nitrogens is 2. The lowest BCUT2D eigenvalue weighted by Gasteiger charge is -2.29. The first-order chi connectivity index (χ1) is 9.33. The highest BCUT2D eigenvalue weighted by atomic mass is 15.1. The Bertz CT molecular complexity index is 524. The van der Waals surface area contributed by atoms with E-state index in [-0.39, 0.29) is 0 Å². The molecule has 0 spiro atoms. The zero-order chi connectivity index (χ0) is 13.1. The number of aromatic amines is 1. The standard InChI is InChI=1S/C16H23N3/c1-13-8-11-19(12-9-13)10-4-7-16-14-5-2-3-6-15(14)17-18-16/h2-3,5-6,13H,4,7-12H2,1H3,(H,17,18). The number of hydrogen-bond donors (Lipinski definition) is 1. The average molecular weight is 257 g/mol. The maximum atomic E-state index is 4.45. The smallest absolute Gasteiger partial charge is 0.0701 e. The minimum Gasteiger partial charge on any atom is -0.303 e. The van der Waals surface area contributed by atoms with Gasteiger partial charge in [0, 0.05) is 5.39 Å². The number of nitrogens with one attached hydrogen (secondary N) is 1. The summed E-state index contributed by atoms with van der Waals surface area (Å²) in [6.45, 7) is 6.14. The van der Waals surface area contributed by atoms with E-state index in [0.29, 0.717) is 0 Å². The van der Waals surface area contributed by atoms with Crippen molar-refractivity contribution in [1.29, 1.82) is 0 Å². The van der Waals surface area contributed by atoms with E-state index in [9.17, 15) is 0 Å². The van der Waals surface area contributed by atoms with Crippen molar-refractivity contribution >= 4 is 10.9 Å². The van der Waals surface area contributed by atoms with Crippen molar-refractivity contribution in [3.8, 4) is 0 Å². The van der Waals surface area contributed by atoms with Crippen LogP contribution in [0.5, 0.6) is 0 Å². The second kappa shape index (κ2) is 5.74. The summed E-state index contributed by atoms with van der Waals surface area (Å²) >= 11 is 0. The summed E-state index contributed by atoms with van der Waals surface area (Å²) in [5.74, 6) is 0.923. The lowest BCUT2D eigenvalue weighted by atomic mass is 9.99. The zero-order valence-corrected chi connectivity index (χ0v) is 11.7. The molecule has 3 heteroatoms. The normalized spacial score (nSPS) is 18.2. The molecule has 1 aromatic heterocycles. The van der Waals surface area contributed by atoms with Gasteiger partial charge in [0.2, 0.25) is 0 Å². The number of benzene rings is 1. The van der Waals surface area contributed by atoms with Crippen LogP contribution in [0.25, 0.3) is 10.9 Å². The first-order valence-electron chi connectivity index (χ1n) is 7.47. The molecule has 102 valence electrons. The van der Waals surface area contributed by atoms with Gasteiger partial charge in [-0.05, 0) is 57.3 Å². The van der Waals surface area contributed by atoms with Crippen LogP contribution in [0.15, 0.2) is 24.3 Å². The van der Waals surface area contributed by atoms with Crippen molar-refractivity contribution < 1.29 is 0 Å². The molecule has 3 rings (SSSR count). The molecule has 19 heavy (non-hydrogen) atoms. The highest BCUT2D eigenvalue weighted by molar-refractivity contribution is 5.81. The number of likely N-dealkylation sites (tertiary alicyclic amines) is 1. The topological polar surface area (TPSA) is 31.9 Å². The third-order valence-electron chi connectivity index (χ3n) is 4.31. The van der Waals surface area contributed by atoms with Gasteiger partial charge >= 0.3 is 0 Å². The van der Waals surface area contributed by atoms with Crippen molar-refractivity contribution in [3.05, 3.63) is 30.0 Å². The molecule has 0 aliphatic carbocycles. The molecule has 0 atom stereocenters. The fourth-order valence-corrected chi connectivity index (χ4v) is 2.97. The highest BCUT2D eigenvalue weighted by Crippen LogP contribution is 2.18. The largest absolute Gasteiger partial charge is 0.303 e. The van der Waals surface area contributed by atoms with Gasteiger partial charge in [0.1, 0.15) is 0 Å².